The Kier molecular flexibility index (Phi) is 4.99. The lowest BCUT2D eigenvalue weighted by atomic mass is 9.94. The third kappa shape index (κ3) is 3.21. The fourth-order valence-electron chi connectivity index (χ4n) is 1.98. The normalized spacial score (nSPS) is 18.1. The summed E-state index contributed by atoms with van der Waals surface area (Å²) in [5.41, 5.74) is 0. The summed E-state index contributed by atoms with van der Waals surface area (Å²) >= 11 is 5.45. The van der Waals surface area contributed by atoms with E-state index in [-0.39, 0.29) is 23.9 Å². The van der Waals surface area contributed by atoms with Crippen LogP contribution in [0.4, 0.5) is 0 Å². The maximum absolute atomic E-state index is 12.3. The summed E-state index contributed by atoms with van der Waals surface area (Å²) in [5.74, 6) is 0.513. The van der Waals surface area contributed by atoms with E-state index in [0.29, 0.717) is 5.92 Å². The van der Waals surface area contributed by atoms with Crippen molar-refractivity contribution in [1.82, 2.24) is 4.90 Å². The van der Waals surface area contributed by atoms with Crippen LogP contribution in [0.2, 0.25) is 0 Å². The van der Waals surface area contributed by atoms with Gasteiger partial charge in [0.2, 0.25) is 11.1 Å². The minimum Gasteiger partial charge on any atom is -0.337 e. The molecule has 4 heteroatoms. The van der Waals surface area contributed by atoms with Gasteiger partial charge in [-0.3, -0.25) is 9.59 Å². The zero-order valence-electron chi connectivity index (χ0n) is 10.5. The van der Waals surface area contributed by atoms with Crippen LogP contribution in [0.15, 0.2) is 0 Å². The molecule has 5 radical (unpaired) electrons. The molecule has 0 atom stereocenters. The fraction of sp³-hybridized carbons (Fsp3) is 0.462. The average molecular weight is 255 g/mol. The van der Waals surface area contributed by atoms with Crippen molar-refractivity contribution < 1.29 is 9.59 Å². The summed E-state index contributed by atoms with van der Waals surface area (Å²) in [4.78, 5) is 25.3. The van der Waals surface area contributed by atoms with Crippen molar-refractivity contribution in [2.75, 3.05) is 0 Å². The third-order valence-electron chi connectivity index (χ3n) is 2.61. The summed E-state index contributed by atoms with van der Waals surface area (Å²) in [7, 11) is 0. The SMILES string of the molecule is CC(C)N(C(=O)[C]1[CH][CH][CH][C]1C(=O)Cl)C(C)C. The second kappa shape index (κ2) is 5.85. The third-order valence-corrected chi connectivity index (χ3v) is 2.81. The van der Waals surface area contributed by atoms with Gasteiger partial charge in [-0.05, 0) is 58.6 Å². The molecule has 1 fully saturated rings. The number of carbonyl (C=O) groups is 2. The zero-order chi connectivity index (χ0) is 13.2. The number of halogens is 1. The lowest BCUT2D eigenvalue weighted by molar-refractivity contribution is -0.132. The molecule has 1 amide bonds. The van der Waals surface area contributed by atoms with Gasteiger partial charge in [0.15, 0.2) is 0 Å². The molecule has 3 nitrogen and oxygen atoms in total. The van der Waals surface area contributed by atoms with E-state index >= 15 is 0 Å². The van der Waals surface area contributed by atoms with Crippen LogP contribution < -0.4 is 0 Å². The van der Waals surface area contributed by atoms with Gasteiger partial charge in [0.05, 0.1) is 11.8 Å². The topological polar surface area (TPSA) is 37.4 Å². The predicted molar refractivity (Wildman–Crippen MR) is 67.4 cm³/mol. The molecule has 0 unspecified atom stereocenters. The van der Waals surface area contributed by atoms with Crippen LogP contribution >= 0.6 is 11.6 Å². The van der Waals surface area contributed by atoms with Crippen molar-refractivity contribution in [1.29, 1.82) is 0 Å². The standard InChI is InChI=1S/C13H17ClNO2/c1-8(2)15(9(3)4)13(17)11-7-5-6-10(11)12(14)16/h5-9H,1-4H3. The number of rotatable bonds is 4. The van der Waals surface area contributed by atoms with Crippen molar-refractivity contribution in [3.05, 3.63) is 31.1 Å². The number of hydrogen-bond donors (Lipinski definition) is 0. The Bertz CT molecular complexity index is 294. The van der Waals surface area contributed by atoms with Crippen LogP contribution in [0, 0.1) is 31.1 Å². The van der Waals surface area contributed by atoms with Crippen molar-refractivity contribution in [2.24, 2.45) is 0 Å². The molecule has 0 spiro atoms. The number of nitrogens with zero attached hydrogens (tertiary/aromatic N) is 1. The van der Waals surface area contributed by atoms with Crippen molar-refractivity contribution in [2.45, 2.75) is 39.8 Å². The summed E-state index contributed by atoms with van der Waals surface area (Å²) in [6.45, 7) is 7.79. The van der Waals surface area contributed by atoms with Gasteiger partial charge in [-0.25, -0.2) is 0 Å². The molecule has 0 bridgehead atoms. The second-order valence-corrected chi connectivity index (χ2v) is 4.87. The Balaban J connectivity index is 2.83. The van der Waals surface area contributed by atoms with Gasteiger partial charge in [0.1, 0.15) is 0 Å². The number of carbonyl (C=O) groups excluding carboxylic acids is 2. The van der Waals surface area contributed by atoms with Gasteiger partial charge >= 0.3 is 0 Å². The first-order chi connectivity index (χ1) is 7.86. The molecular formula is C13H17ClNO2. The van der Waals surface area contributed by atoms with Crippen molar-refractivity contribution >= 4 is 22.8 Å². The van der Waals surface area contributed by atoms with Gasteiger partial charge in [-0.2, -0.15) is 0 Å². The number of amides is 1. The minimum absolute atomic E-state index is 0.0793. The molecule has 0 aliphatic heterocycles. The van der Waals surface area contributed by atoms with Crippen LogP contribution in [-0.2, 0) is 9.59 Å². The maximum Gasteiger partial charge on any atom is 0.231 e. The molecule has 17 heavy (non-hydrogen) atoms. The zero-order valence-corrected chi connectivity index (χ0v) is 11.3. The highest BCUT2D eigenvalue weighted by Gasteiger charge is 2.41. The average Bonchev–Trinajstić information content (AvgIpc) is 2.63. The van der Waals surface area contributed by atoms with E-state index in [1.54, 1.807) is 24.2 Å². The molecule has 1 aliphatic carbocycles. The Hall–Kier alpha value is -0.570. The van der Waals surface area contributed by atoms with E-state index in [0.717, 1.165) is 0 Å². The molecular weight excluding hydrogens is 238 g/mol. The molecule has 0 aromatic rings. The summed E-state index contributed by atoms with van der Waals surface area (Å²) in [6, 6.07) is 0.159. The van der Waals surface area contributed by atoms with E-state index < -0.39 is 5.24 Å². The summed E-state index contributed by atoms with van der Waals surface area (Å²) in [5, 5.41) is -0.592. The summed E-state index contributed by atoms with van der Waals surface area (Å²) in [6.07, 6.45) is 4.87. The van der Waals surface area contributed by atoms with Crippen molar-refractivity contribution in [3.8, 4) is 0 Å². The molecule has 0 saturated heterocycles. The first kappa shape index (κ1) is 14.5. The van der Waals surface area contributed by atoms with Crippen LogP contribution in [0.5, 0.6) is 0 Å². The van der Waals surface area contributed by atoms with E-state index in [1.165, 1.54) is 0 Å². The predicted octanol–water partition coefficient (Wildman–Crippen LogP) is 2.17. The maximum atomic E-state index is 12.3. The van der Waals surface area contributed by atoms with Crippen molar-refractivity contribution in [3.63, 3.8) is 0 Å². The minimum atomic E-state index is -0.592. The van der Waals surface area contributed by atoms with E-state index in [9.17, 15) is 9.59 Å². The van der Waals surface area contributed by atoms with Crippen LogP contribution in [-0.4, -0.2) is 28.1 Å². The molecule has 93 valence electrons. The Morgan fingerprint density at radius 1 is 1.06 bits per heavy atom. The molecule has 0 aromatic carbocycles. The quantitative estimate of drug-likeness (QED) is 0.721. The van der Waals surface area contributed by atoms with Gasteiger partial charge in [-0.15, -0.1) is 0 Å². The Labute approximate surface area is 108 Å². The van der Waals surface area contributed by atoms with Crippen LogP contribution in [0.3, 0.4) is 0 Å². The lowest BCUT2D eigenvalue weighted by Gasteiger charge is -2.33. The van der Waals surface area contributed by atoms with Gasteiger partial charge in [-0.1, -0.05) is 0 Å². The Morgan fingerprint density at radius 3 is 1.94 bits per heavy atom. The van der Waals surface area contributed by atoms with E-state index in [2.05, 4.69) is 0 Å². The molecule has 0 heterocycles. The molecule has 0 N–H and O–H groups in total. The second-order valence-electron chi connectivity index (χ2n) is 4.53. The van der Waals surface area contributed by atoms with Gasteiger partial charge < -0.3 is 4.90 Å². The highest BCUT2D eigenvalue weighted by atomic mass is 35.5. The van der Waals surface area contributed by atoms with Crippen LogP contribution in [0.1, 0.15) is 27.7 Å². The smallest absolute Gasteiger partial charge is 0.231 e. The molecule has 0 aromatic heterocycles. The highest BCUT2D eigenvalue weighted by Crippen LogP contribution is 2.36. The first-order valence-electron chi connectivity index (χ1n) is 5.64. The fourth-order valence-corrected chi connectivity index (χ4v) is 2.15. The van der Waals surface area contributed by atoms with Gasteiger partial charge in [0.25, 0.3) is 0 Å². The van der Waals surface area contributed by atoms with Gasteiger partial charge in [0, 0.05) is 12.1 Å². The van der Waals surface area contributed by atoms with Crippen LogP contribution in [0.25, 0.3) is 0 Å². The molecule has 1 rings (SSSR count). The lowest BCUT2D eigenvalue weighted by Crippen LogP contribution is -2.45. The largest absolute Gasteiger partial charge is 0.337 e. The number of hydrogen-bond acceptors (Lipinski definition) is 2. The molecule has 1 saturated carbocycles. The molecule has 1 aliphatic rings. The van der Waals surface area contributed by atoms with E-state index in [1.807, 2.05) is 27.7 Å². The monoisotopic (exact) mass is 254 g/mol. The van der Waals surface area contributed by atoms with E-state index in [4.69, 9.17) is 11.6 Å². The first-order valence-corrected chi connectivity index (χ1v) is 6.02. The highest BCUT2D eigenvalue weighted by molar-refractivity contribution is 6.68. The summed E-state index contributed by atoms with van der Waals surface area (Å²) < 4.78 is 0. The Morgan fingerprint density at radius 2 is 1.53 bits per heavy atom.